The van der Waals surface area contributed by atoms with E-state index in [1.54, 1.807) is 37.2 Å². The predicted molar refractivity (Wildman–Crippen MR) is 94.9 cm³/mol. The summed E-state index contributed by atoms with van der Waals surface area (Å²) in [5.41, 5.74) is 0.866. The van der Waals surface area contributed by atoms with Gasteiger partial charge in [-0.2, -0.15) is 0 Å². The van der Waals surface area contributed by atoms with Gasteiger partial charge in [-0.15, -0.1) is 5.10 Å². The summed E-state index contributed by atoms with van der Waals surface area (Å²) in [5, 5.41) is 7.28. The molecule has 0 fully saturated rings. The van der Waals surface area contributed by atoms with Crippen LogP contribution in [0.4, 0.5) is 4.39 Å². The number of aromatic amines is 1. The lowest BCUT2D eigenvalue weighted by atomic mass is 10.1. The third-order valence-electron chi connectivity index (χ3n) is 3.31. The molecule has 1 aromatic heterocycles. The fourth-order valence-electron chi connectivity index (χ4n) is 1.97. The van der Waals surface area contributed by atoms with Gasteiger partial charge >= 0.3 is 0 Å². The number of H-pyrrole nitrogens is 1. The Morgan fingerprint density at radius 1 is 1.25 bits per heavy atom. The second-order valence-electron chi connectivity index (χ2n) is 5.90. The van der Waals surface area contributed by atoms with E-state index in [-0.39, 0.29) is 22.9 Å². The first-order valence-corrected chi connectivity index (χ1v) is 8.48. The van der Waals surface area contributed by atoms with Crippen molar-refractivity contribution in [2.24, 2.45) is 5.92 Å². The summed E-state index contributed by atoms with van der Waals surface area (Å²) in [6.07, 6.45) is 3.59. The van der Waals surface area contributed by atoms with Crippen LogP contribution < -0.4 is 0 Å². The molecular formula is C17H21FN4OS. The van der Waals surface area contributed by atoms with Crippen LogP contribution in [0.5, 0.6) is 0 Å². The Bertz CT molecular complexity index is 710. The smallest absolute Gasteiger partial charge is 0.235 e. The first kappa shape index (κ1) is 18.2. The number of rotatable bonds is 6. The fourth-order valence-corrected chi connectivity index (χ4v) is 3.03. The minimum absolute atomic E-state index is 0.0446. The molecule has 2 aromatic rings. The maximum Gasteiger partial charge on any atom is 0.235 e. The number of hydrogen-bond acceptors (Lipinski definition) is 4. The molecule has 0 saturated heterocycles. The van der Waals surface area contributed by atoms with E-state index in [2.05, 4.69) is 15.2 Å². The zero-order valence-corrected chi connectivity index (χ0v) is 15.0. The maximum absolute atomic E-state index is 12.9. The molecule has 7 heteroatoms. The van der Waals surface area contributed by atoms with Crippen LogP contribution in [0, 0.1) is 11.7 Å². The van der Waals surface area contributed by atoms with Gasteiger partial charge < -0.3 is 4.90 Å². The van der Waals surface area contributed by atoms with E-state index in [0.29, 0.717) is 11.0 Å². The molecule has 0 aliphatic carbocycles. The van der Waals surface area contributed by atoms with Gasteiger partial charge in [0.15, 0.2) is 0 Å². The van der Waals surface area contributed by atoms with Gasteiger partial charge in [-0.3, -0.25) is 9.89 Å². The van der Waals surface area contributed by atoms with Crippen LogP contribution in [0.3, 0.4) is 0 Å². The summed E-state index contributed by atoms with van der Waals surface area (Å²) < 4.78 is 12.9. The van der Waals surface area contributed by atoms with E-state index >= 15 is 0 Å². The van der Waals surface area contributed by atoms with Crippen molar-refractivity contribution in [1.82, 2.24) is 20.1 Å². The van der Waals surface area contributed by atoms with Crippen LogP contribution in [-0.4, -0.2) is 45.3 Å². The number of halogens is 1. The summed E-state index contributed by atoms with van der Waals surface area (Å²) in [4.78, 5) is 18.2. The normalized spacial score (nSPS) is 12.8. The molecule has 0 radical (unpaired) electrons. The largest absolute Gasteiger partial charge is 0.348 e. The number of hydrogen-bond donors (Lipinski definition) is 1. The van der Waals surface area contributed by atoms with Crippen molar-refractivity contribution in [3.05, 3.63) is 41.5 Å². The second-order valence-corrected chi connectivity index (χ2v) is 7.01. The molecule has 0 spiro atoms. The molecule has 1 aromatic carbocycles. The highest BCUT2D eigenvalue weighted by Crippen LogP contribution is 2.26. The van der Waals surface area contributed by atoms with E-state index in [1.807, 2.05) is 19.9 Å². The van der Waals surface area contributed by atoms with Crippen LogP contribution in [0.25, 0.3) is 12.2 Å². The van der Waals surface area contributed by atoms with Crippen LogP contribution in [-0.2, 0) is 4.79 Å². The summed E-state index contributed by atoms with van der Waals surface area (Å²) in [6.45, 7) is 4.00. The Kier molecular flexibility index (Phi) is 6.14. The topological polar surface area (TPSA) is 61.9 Å². The monoisotopic (exact) mass is 348 g/mol. The SMILES string of the molecule is CC(C)[C@H](Sc1n[nH]c(/C=C/c2ccc(F)cc2)n1)C(=O)N(C)C. The number of thioether (sulfide) groups is 1. The molecule has 2 rings (SSSR count). The highest BCUT2D eigenvalue weighted by molar-refractivity contribution is 8.00. The zero-order chi connectivity index (χ0) is 17.7. The molecule has 1 heterocycles. The van der Waals surface area contributed by atoms with Crippen molar-refractivity contribution >= 4 is 29.8 Å². The highest BCUT2D eigenvalue weighted by Gasteiger charge is 2.26. The minimum Gasteiger partial charge on any atom is -0.348 e. The van der Waals surface area contributed by atoms with Gasteiger partial charge in [0, 0.05) is 14.1 Å². The lowest BCUT2D eigenvalue weighted by molar-refractivity contribution is -0.128. The van der Waals surface area contributed by atoms with Crippen molar-refractivity contribution in [2.75, 3.05) is 14.1 Å². The van der Waals surface area contributed by atoms with Crippen LogP contribution in [0.1, 0.15) is 25.2 Å². The van der Waals surface area contributed by atoms with Crippen molar-refractivity contribution in [2.45, 2.75) is 24.3 Å². The molecule has 5 nitrogen and oxygen atoms in total. The summed E-state index contributed by atoms with van der Waals surface area (Å²) >= 11 is 1.35. The molecule has 0 unspecified atom stereocenters. The minimum atomic E-state index is -0.268. The number of nitrogens with one attached hydrogen (secondary N) is 1. The molecule has 128 valence electrons. The average molecular weight is 348 g/mol. The number of carbonyl (C=O) groups excluding carboxylic acids is 1. The lowest BCUT2D eigenvalue weighted by Crippen LogP contribution is -2.34. The van der Waals surface area contributed by atoms with Gasteiger partial charge in [-0.1, -0.05) is 43.8 Å². The molecule has 0 aliphatic rings. The van der Waals surface area contributed by atoms with Crippen molar-refractivity contribution in [3.8, 4) is 0 Å². The van der Waals surface area contributed by atoms with Gasteiger partial charge in [0.2, 0.25) is 11.1 Å². The molecular weight excluding hydrogens is 327 g/mol. The molecule has 1 N–H and O–H groups in total. The fraction of sp³-hybridized carbons (Fsp3) is 0.353. The second kappa shape index (κ2) is 8.10. The van der Waals surface area contributed by atoms with Crippen LogP contribution in [0.2, 0.25) is 0 Å². The van der Waals surface area contributed by atoms with E-state index in [1.165, 1.54) is 23.9 Å². The van der Waals surface area contributed by atoms with Gasteiger partial charge in [0.05, 0.1) is 5.25 Å². The Morgan fingerprint density at radius 2 is 1.92 bits per heavy atom. The average Bonchev–Trinajstić information content (AvgIpc) is 2.98. The third-order valence-corrected chi connectivity index (χ3v) is 4.70. The quantitative estimate of drug-likeness (QED) is 0.814. The van der Waals surface area contributed by atoms with Crippen molar-refractivity contribution in [1.29, 1.82) is 0 Å². The Morgan fingerprint density at radius 3 is 2.50 bits per heavy atom. The molecule has 0 saturated carbocycles. The molecule has 1 amide bonds. The summed E-state index contributed by atoms with van der Waals surface area (Å²) in [7, 11) is 3.49. The molecule has 0 aliphatic heterocycles. The Hall–Kier alpha value is -2.15. The van der Waals surface area contributed by atoms with Gasteiger partial charge in [0.25, 0.3) is 0 Å². The van der Waals surface area contributed by atoms with Crippen LogP contribution >= 0.6 is 11.8 Å². The Balaban J connectivity index is 2.06. The highest BCUT2D eigenvalue weighted by atomic mass is 32.2. The maximum atomic E-state index is 12.9. The number of benzene rings is 1. The number of aromatic nitrogens is 3. The number of nitrogens with zero attached hydrogens (tertiary/aromatic N) is 3. The Labute approximate surface area is 145 Å². The molecule has 0 bridgehead atoms. The third kappa shape index (κ3) is 4.92. The molecule has 24 heavy (non-hydrogen) atoms. The van der Waals surface area contributed by atoms with E-state index in [9.17, 15) is 9.18 Å². The molecule has 1 atom stereocenters. The van der Waals surface area contributed by atoms with Crippen molar-refractivity contribution in [3.63, 3.8) is 0 Å². The van der Waals surface area contributed by atoms with Crippen molar-refractivity contribution < 1.29 is 9.18 Å². The first-order valence-electron chi connectivity index (χ1n) is 7.60. The lowest BCUT2D eigenvalue weighted by Gasteiger charge is -2.21. The summed E-state index contributed by atoms with van der Waals surface area (Å²) in [5.74, 6) is 0.530. The van der Waals surface area contributed by atoms with E-state index in [0.717, 1.165) is 5.56 Å². The van der Waals surface area contributed by atoms with Gasteiger partial charge in [-0.25, -0.2) is 9.37 Å². The number of amides is 1. The van der Waals surface area contributed by atoms with E-state index in [4.69, 9.17) is 0 Å². The summed E-state index contributed by atoms with van der Waals surface area (Å²) in [6, 6.07) is 6.17. The van der Waals surface area contributed by atoms with Gasteiger partial charge in [-0.05, 0) is 29.7 Å². The number of carbonyl (C=O) groups is 1. The predicted octanol–water partition coefficient (Wildman–Crippen LogP) is 3.32. The van der Waals surface area contributed by atoms with Crippen LogP contribution in [0.15, 0.2) is 29.4 Å². The zero-order valence-electron chi connectivity index (χ0n) is 14.2. The van der Waals surface area contributed by atoms with E-state index < -0.39 is 0 Å². The first-order chi connectivity index (χ1) is 11.4. The standard InChI is InChI=1S/C17H21FN4OS/c1-11(2)15(16(23)22(3)4)24-17-19-14(20-21-17)10-7-12-5-8-13(18)9-6-12/h5-11,15H,1-4H3,(H,19,20,21)/b10-7+/t15-/m0/s1. The van der Waals surface area contributed by atoms with Gasteiger partial charge in [0.1, 0.15) is 11.6 Å².